The Kier molecular flexibility index (Phi) is 2.99. The Bertz CT molecular complexity index is 453. The molecule has 0 bridgehead atoms. The lowest BCUT2D eigenvalue weighted by molar-refractivity contribution is 0.178. The first-order chi connectivity index (χ1) is 7.31. The molecule has 2 nitrogen and oxygen atoms in total. The quantitative estimate of drug-likeness (QED) is 0.797. The van der Waals surface area contributed by atoms with E-state index >= 15 is 0 Å². The maximum atomic E-state index is 9.82. The maximum absolute atomic E-state index is 9.82. The van der Waals surface area contributed by atoms with Gasteiger partial charge in [0.25, 0.3) is 0 Å². The number of likely N-dealkylation sites (N-methyl/N-ethyl adjacent to an activating group) is 1. The molecule has 2 heteroatoms. The number of aliphatic hydroxyl groups excluding tert-OH is 1. The number of hydrogen-bond acceptors (Lipinski definition) is 2. The van der Waals surface area contributed by atoms with Crippen molar-refractivity contribution < 1.29 is 5.11 Å². The molecule has 0 heterocycles. The van der Waals surface area contributed by atoms with E-state index in [4.69, 9.17) is 0 Å². The zero-order valence-electron chi connectivity index (χ0n) is 8.77. The molecule has 78 valence electrons. The highest BCUT2D eigenvalue weighted by Gasteiger charge is 2.05. The molecule has 0 amide bonds. The topological polar surface area (TPSA) is 32.3 Å². The summed E-state index contributed by atoms with van der Waals surface area (Å²) in [5.41, 5.74) is 0.961. The molecule has 2 N–H and O–H groups in total. The third-order valence-corrected chi connectivity index (χ3v) is 2.56. The third-order valence-electron chi connectivity index (χ3n) is 2.56. The van der Waals surface area contributed by atoms with Gasteiger partial charge in [-0.3, -0.25) is 0 Å². The molecular formula is C13H15NO. The summed E-state index contributed by atoms with van der Waals surface area (Å²) in [5, 5.41) is 15.2. The highest BCUT2D eigenvalue weighted by Crippen LogP contribution is 2.19. The van der Waals surface area contributed by atoms with Crippen molar-refractivity contribution in [3.63, 3.8) is 0 Å². The second-order valence-electron chi connectivity index (χ2n) is 3.68. The highest BCUT2D eigenvalue weighted by atomic mass is 16.3. The van der Waals surface area contributed by atoms with Crippen molar-refractivity contribution in [3.05, 3.63) is 48.0 Å². The molecule has 0 aliphatic rings. The third kappa shape index (κ3) is 2.17. The molecule has 0 spiro atoms. The van der Waals surface area contributed by atoms with Crippen molar-refractivity contribution in [2.24, 2.45) is 0 Å². The SMILES string of the molecule is CNCC(O)c1ccc2ccccc2c1. The van der Waals surface area contributed by atoms with Gasteiger partial charge in [-0.25, -0.2) is 0 Å². The molecule has 0 radical (unpaired) electrons. The van der Waals surface area contributed by atoms with Gasteiger partial charge >= 0.3 is 0 Å². The van der Waals surface area contributed by atoms with Gasteiger partial charge < -0.3 is 10.4 Å². The van der Waals surface area contributed by atoms with E-state index in [9.17, 15) is 5.11 Å². The Balaban J connectivity index is 2.38. The lowest BCUT2D eigenvalue weighted by Gasteiger charge is -2.10. The van der Waals surface area contributed by atoms with E-state index in [0.717, 1.165) is 5.56 Å². The fraction of sp³-hybridized carbons (Fsp3) is 0.231. The van der Waals surface area contributed by atoms with E-state index < -0.39 is 6.10 Å². The van der Waals surface area contributed by atoms with Gasteiger partial charge in [-0.05, 0) is 29.4 Å². The summed E-state index contributed by atoms with van der Waals surface area (Å²) >= 11 is 0. The smallest absolute Gasteiger partial charge is 0.0914 e. The fourth-order valence-electron chi connectivity index (χ4n) is 1.73. The molecule has 0 fully saturated rings. The van der Waals surface area contributed by atoms with Gasteiger partial charge in [-0.1, -0.05) is 36.4 Å². The van der Waals surface area contributed by atoms with Gasteiger partial charge in [0.2, 0.25) is 0 Å². The molecule has 2 rings (SSSR count). The van der Waals surface area contributed by atoms with Crippen molar-refractivity contribution >= 4 is 10.8 Å². The minimum Gasteiger partial charge on any atom is -0.387 e. The molecule has 0 aromatic heterocycles. The normalized spacial score (nSPS) is 12.9. The first-order valence-corrected chi connectivity index (χ1v) is 5.12. The average Bonchev–Trinajstić information content (AvgIpc) is 2.29. The maximum Gasteiger partial charge on any atom is 0.0914 e. The number of fused-ring (bicyclic) bond motifs is 1. The summed E-state index contributed by atoms with van der Waals surface area (Å²) in [6.07, 6.45) is -0.431. The van der Waals surface area contributed by atoms with Crippen LogP contribution in [0, 0.1) is 0 Å². The van der Waals surface area contributed by atoms with E-state index in [-0.39, 0.29) is 0 Å². The van der Waals surface area contributed by atoms with Crippen LogP contribution < -0.4 is 5.32 Å². The molecule has 1 unspecified atom stereocenters. The van der Waals surface area contributed by atoms with Crippen LogP contribution in [0.2, 0.25) is 0 Å². The van der Waals surface area contributed by atoms with Crippen LogP contribution >= 0.6 is 0 Å². The molecule has 1 atom stereocenters. The number of benzene rings is 2. The number of aliphatic hydroxyl groups is 1. The first kappa shape index (κ1) is 10.1. The zero-order valence-corrected chi connectivity index (χ0v) is 8.77. The second-order valence-corrected chi connectivity index (χ2v) is 3.68. The number of rotatable bonds is 3. The van der Waals surface area contributed by atoms with Gasteiger partial charge in [-0.15, -0.1) is 0 Å². The van der Waals surface area contributed by atoms with E-state index in [1.165, 1.54) is 10.8 Å². The van der Waals surface area contributed by atoms with Crippen LogP contribution in [-0.2, 0) is 0 Å². The van der Waals surface area contributed by atoms with Crippen molar-refractivity contribution in [3.8, 4) is 0 Å². The summed E-state index contributed by atoms with van der Waals surface area (Å²) in [4.78, 5) is 0. The van der Waals surface area contributed by atoms with Crippen LogP contribution in [0.5, 0.6) is 0 Å². The Labute approximate surface area is 89.6 Å². The molecule has 0 aliphatic carbocycles. The standard InChI is InChI=1S/C13H15NO/c1-14-9-13(15)12-7-6-10-4-2-3-5-11(10)8-12/h2-8,13-15H,9H2,1H3. The van der Waals surface area contributed by atoms with E-state index in [2.05, 4.69) is 17.4 Å². The summed E-state index contributed by atoms with van der Waals surface area (Å²) in [6.45, 7) is 0.582. The monoisotopic (exact) mass is 201 g/mol. The highest BCUT2D eigenvalue weighted by molar-refractivity contribution is 5.83. The van der Waals surface area contributed by atoms with Crippen molar-refractivity contribution in [2.75, 3.05) is 13.6 Å². The fourth-order valence-corrected chi connectivity index (χ4v) is 1.73. The van der Waals surface area contributed by atoms with E-state index in [0.29, 0.717) is 6.54 Å². The van der Waals surface area contributed by atoms with Crippen LogP contribution in [0.25, 0.3) is 10.8 Å². The number of hydrogen-bond donors (Lipinski definition) is 2. The molecule has 15 heavy (non-hydrogen) atoms. The van der Waals surface area contributed by atoms with Crippen molar-refractivity contribution in [1.29, 1.82) is 0 Å². The molecule has 0 aliphatic heterocycles. The van der Waals surface area contributed by atoms with Crippen LogP contribution in [0.4, 0.5) is 0 Å². The predicted octanol–water partition coefficient (Wildman–Crippen LogP) is 2.09. The second kappa shape index (κ2) is 4.43. The summed E-state index contributed by atoms with van der Waals surface area (Å²) in [7, 11) is 1.84. The summed E-state index contributed by atoms with van der Waals surface area (Å²) in [5.74, 6) is 0. The van der Waals surface area contributed by atoms with E-state index in [1.807, 2.05) is 37.4 Å². The average molecular weight is 201 g/mol. The molecule has 0 saturated carbocycles. The lowest BCUT2D eigenvalue weighted by Crippen LogP contribution is -2.16. The minimum atomic E-state index is -0.431. The minimum absolute atomic E-state index is 0.431. The molecule has 0 saturated heterocycles. The van der Waals surface area contributed by atoms with Gasteiger partial charge in [-0.2, -0.15) is 0 Å². The summed E-state index contributed by atoms with van der Waals surface area (Å²) < 4.78 is 0. The van der Waals surface area contributed by atoms with Gasteiger partial charge in [0.1, 0.15) is 0 Å². The Morgan fingerprint density at radius 1 is 1.13 bits per heavy atom. The van der Waals surface area contributed by atoms with Crippen LogP contribution in [-0.4, -0.2) is 18.7 Å². The van der Waals surface area contributed by atoms with Crippen LogP contribution in [0.3, 0.4) is 0 Å². The van der Waals surface area contributed by atoms with Crippen molar-refractivity contribution in [1.82, 2.24) is 5.32 Å². The van der Waals surface area contributed by atoms with E-state index in [1.54, 1.807) is 0 Å². The van der Waals surface area contributed by atoms with Crippen LogP contribution in [0.15, 0.2) is 42.5 Å². The molecule has 2 aromatic rings. The van der Waals surface area contributed by atoms with Gasteiger partial charge in [0, 0.05) is 6.54 Å². The van der Waals surface area contributed by atoms with Gasteiger partial charge in [0.15, 0.2) is 0 Å². The van der Waals surface area contributed by atoms with Crippen LogP contribution in [0.1, 0.15) is 11.7 Å². The molecule has 2 aromatic carbocycles. The summed E-state index contributed by atoms with van der Waals surface area (Å²) in [6, 6.07) is 14.2. The largest absolute Gasteiger partial charge is 0.387 e. The Hall–Kier alpha value is -1.38. The number of nitrogens with one attached hydrogen (secondary N) is 1. The van der Waals surface area contributed by atoms with Gasteiger partial charge in [0.05, 0.1) is 6.10 Å². The Morgan fingerprint density at radius 2 is 1.87 bits per heavy atom. The predicted molar refractivity (Wildman–Crippen MR) is 62.8 cm³/mol. The zero-order chi connectivity index (χ0) is 10.7. The van der Waals surface area contributed by atoms with Crippen molar-refractivity contribution in [2.45, 2.75) is 6.10 Å². The molecular weight excluding hydrogens is 186 g/mol. The lowest BCUT2D eigenvalue weighted by atomic mass is 10.0. The Morgan fingerprint density at radius 3 is 2.60 bits per heavy atom. The first-order valence-electron chi connectivity index (χ1n) is 5.12.